The van der Waals surface area contributed by atoms with Crippen molar-refractivity contribution in [2.24, 2.45) is 11.7 Å². The van der Waals surface area contributed by atoms with E-state index in [0.29, 0.717) is 55.2 Å². The lowest BCUT2D eigenvalue weighted by atomic mass is 10.0. The van der Waals surface area contributed by atoms with Crippen LogP contribution in [0.15, 0.2) is 42.6 Å². The zero-order valence-electron chi connectivity index (χ0n) is 23.6. The number of rotatable bonds is 17. The van der Waals surface area contributed by atoms with E-state index in [1.807, 2.05) is 25.9 Å². The molecule has 1 atom stereocenters. The van der Waals surface area contributed by atoms with Gasteiger partial charge in [0.15, 0.2) is 5.78 Å². The van der Waals surface area contributed by atoms with Gasteiger partial charge in [-0.15, -0.1) is 0 Å². The Bertz CT molecular complexity index is 1180. The molecule has 0 fully saturated rings. The maximum atomic E-state index is 12.8. The number of amides is 3. The summed E-state index contributed by atoms with van der Waals surface area (Å²) < 4.78 is 0. The molecule has 0 spiro atoms. The number of allylic oxidation sites excluding steroid dienone is 1. The highest BCUT2D eigenvalue weighted by Crippen LogP contribution is 2.18. The van der Waals surface area contributed by atoms with Crippen molar-refractivity contribution in [3.63, 3.8) is 0 Å². The summed E-state index contributed by atoms with van der Waals surface area (Å²) in [6.45, 7) is 5.69. The highest BCUT2D eigenvalue weighted by molar-refractivity contribution is 5.98. The van der Waals surface area contributed by atoms with Crippen LogP contribution in [0.2, 0.25) is 0 Å². The van der Waals surface area contributed by atoms with E-state index >= 15 is 0 Å². The molecule has 0 saturated carbocycles. The molecular weight excluding hydrogens is 512 g/mol. The Morgan fingerprint density at radius 1 is 1.05 bits per heavy atom. The first-order valence-corrected chi connectivity index (χ1v) is 13.3. The minimum atomic E-state index is -0.517. The molecule has 0 bridgehead atoms. The molecule has 12 heteroatoms. The Morgan fingerprint density at radius 3 is 2.40 bits per heavy atom. The Balaban J connectivity index is 1.85. The zero-order chi connectivity index (χ0) is 29.5. The average Bonchev–Trinajstić information content (AvgIpc) is 2.91. The number of primary amides is 1. The van der Waals surface area contributed by atoms with Crippen molar-refractivity contribution in [2.75, 3.05) is 50.9 Å². The summed E-state index contributed by atoms with van der Waals surface area (Å²) in [6, 6.07) is 6.56. The van der Waals surface area contributed by atoms with Gasteiger partial charge in [-0.1, -0.05) is 19.9 Å². The van der Waals surface area contributed by atoms with Crippen LogP contribution in [0.4, 0.5) is 17.5 Å². The molecular formula is C28H40N8O4. The third kappa shape index (κ3) is 11.2. The second kappa shape index (κ2) is 16.6. The number of anilines is 3. The van der Waals surface area contributed by atoms with Crippen molar-refractivity contribution in [3.8, 4) is 0 Å². The topological polar surface area (TPSA) is 171 Å². The summed E-state index contributed by atoms with van der Waals surface area (Å²) in [6.07, 6.45) is 6.22. The number of nitrogens with two attached hydrogens (primary N) is 1. The van der Waals surface area contributed by atoms with E-state index in [0.717, 1.165) is 6.42 Å². The lowest BCUT2D eigenvalue weighted by Crippen LogP contribution is -2.33. The molecule has 0 aliphatic rings. The number of carbonyl (C=O) groups is 4. The second-order valence-corrected chi connectivity index (χ2v) is 9.59. The van der Waals surface area contributed by atoms with Crippen LogP contribution in [0.3, 0.4) is 0 Å². The van der Waals surface area contributed by atoms with Gasteiger partial charge in [0.1, 0.15) is 11.4 Å². The smallest absolute Gasteiger partial charge is 0.256 e. The first-order chi connectivity index (χ1) is 19.1. The maximum absolute atomic E-state index is 12.8. The van der Waals surface area contributed by atoms with Crippen molar-refractivity contribution in [1.29, 1.82) is 0 Å². The number of hydrogen-bond acceptors (Lipinski definition) is 9. The molecule has 0 unspecified atom stereocenters. The van der Waals surface area contributed by atoms with Crippen LogP contribution < -0.4 is 27.0 Å². The fraction of sp³-hybridized carbons (Fsp3) is 0.429. The van der Waals surface area contributed by atoms with Crippen LogP contribution in [0.5, 0.6) is 0 Å². The molecule has 40 heavy (non-hydrogen) atoms. The monoisotopic (exact) mass is 552 g/mol. The minimum absolute atomic E-state index is 0.0892. The summed E-state index contributed by atoms with van der Waals surface area (Å²) in [7, 11) is 3.82. The number of likely N-dealkylation sites (N-methyl/N-ethyl adjacent to an activating group) is 1. The molecule has 2 aromatic rings. The van der Waals surface area contributed by atoms with Gasteiger partial charge in [-0.05, 0) is 57.3 Å². The fourth-order valence-electron chi connectivity index (χ4n) is 3.46. The van der Waals surface area contributed by atoms with E-state index < -0.39 is 11.8 Å². The molecule has 216 valence electrons. The molecule has 0 radical (unpaired) electrons. The molecule has 3 amide bonds. The van der Waals surface area contributed by atoms with Crippen molar-refractivity contribution in [2.45, 2.75) is 33.1 Å². The largest absolute Gasteiger partial charge is 0.369 e. The second-order valence-electron chi connectivity index (χ2n) is 9.59. The molecule has 1 aromatic carbocycles. The number of aromatic nitrogens is 2. The third-order valence-electron chi connectivity index (χ3n) is 5.67. The highest BCUT2D eigenvalue weighted by atomic mass is 16.2. The van der Waals surface area contributed by atoms with E-state index in [9.17, 15) is 19.2 Å². The predicted octanol–water partition coefficient (Wildman–Crippen LogP) is 2.09. The van der Waals surface area contributed by atoms with Crippen molar-refractivity contribution in [3.05, 3.63) is 53.7 Å². The lowest BCUT2D eigenvalue weighted by molar-refractivity contribution is -0.127. The molecule has 1 aromatic heterocycles. The Hall–Kier alpha value is -4.32. The standard InChI is InChI=1S/C28H40N8O4/c1-5-13-30-25-23(18-33-28(35-25)34-21-11-9-20(10-12-21)24(29)38)27(40)32-15-7-14-31-26(39)19(2)17-22(37)8-6-16-36(3)4/h6,8-12,18-19H,5,7,13-17H2,1-4H3,(H2,29,38)(H,31,39)(H,32,40)(H2,30,33,34,35)/b8-6+/t19-/m1/s1. The van der Waals surface area contributed by atoms with Crippen molar-refractivity contribution < 1.29 is 19.2 Å². The number of carbonyl (C=O) groups excluding carboxylic acids is 4. The van der Waals surface area contributed by atoms with Crippen LogP contribution in [-0.4, -0.2) is 78.6 Å². The first kappa shape index (κ1) is 31.9. The number of nitrogens with zero attached hydrogens (tertiary/aromatic N) is 3. The van der Waals surface area contributed by atoms with Crippen molar-refractivity contribution in [1.82, 2.24) is 25.5 Å². The molecule has 0 aliphatic carbocycles. The van der Waals surface area contributed by atoms with E-state index in [4.69, 9.17) is 5.73 Å². The number of ketones is 1. The van der Waals surface area contributed by atoms with Gasteiger partial charge in [-0.25, -0.2) is 4.98 Å². The fourth-order valence-corrected chi connectivity index (χ4v) is 3.46. The Labute approximate surface area is 235 Å². The molecule has 0 aliphatic heterocycles. The molecule has 6 N–H and O–H groups in total. The predicted molar refractivity (Wildman–Crippen MR) is 155 cm³/mol. The van der Waals surface area contributed by atoms with E-state index in [-0.39, 0.29) is 30.0 Å². The molecule has 1 heterocycles. The summed E-state index contributed by atoms with van der Waals surface area (Å²) in [5, 5.41) is 11.8. The van der Waals surface area contributed by atoms with Gasteiger partial charge < -0.3 is 31.9 Å². The Morgan fingerprint density at radius 2 is 1.75 bits per heavy atom. The minimum Gasteiger partial charge on any atom is -0.369 e. The first-order valence-electron chi connectivity index (χ1n) is 13.3. The number of hydrogen-bond donors (Lipinski definition) is 5. The Kier molecular flexibility index (Phi) is 13.2. The van der Waals surface area contributed by atoms with Crippen LogP contribution in [-0.2, 0) is 9.59 Å². The quantitative estimate of drug-likeness (QED) is 0.146. The van der Waals surface area contributed by atoms with Crippen LogP contribution in [0.1, 0.15) is 53.8 Å². The summed E-state index contributed by atoms with van der Waals surface area (Å²) in [4.78, 5) is 59.0. The summed E-state index contributed by atoms with van der Waals surface area (Å²) in [5.41, 5.74) is 6.61. The average molecular weight is 553 g/mol. The lowest BCUT2D eigenvalue weighted by Gasteiger charge is -2.13. The third-order valence-corrected chi connectivity index (χ3v) is 5.67. The van der Waals surface area contributed by atoms with E-state index in [2.05, 4.69) is 31.2 Å². The van der Waals surface area contributed by atoms with Crippen LogP contribution in [0, 0.1) is 5.92 Å². The maximum Gasteiger partial charge on any atom is 0.256 e. The van der Waals surface area contributed by atoms with E-state index in [1.165, 1.54) is 12.3 Å². The number of benzene rings is 1. The van der Waals surface area contributed by atoms with Gasteiger partial charge in [0.25, 0.3) is 5.91 Å². The van der Waals surface area contributed by atoms with Crippen LogP contribution in [0.25, 0.3) is 0 Å². The highest BCUT2D eigenvalue weighted by Gasteiger charge is 2.17. The number of nitrogens with one attached hydrogen (secondary N) is 4. The van der Waals surface area contributed by atoms with Gasteiger partial charge in [-0.3, -0.25) is 19.2 Å². The molecule has 2 rings (SSSR count). The zero-order valence-corrected chi connectivity index (χ0v) is 23.6. The SMILES string of the molecule is CCCNc1nc(Nc2ccc(C(N)=O)cc2)ncc1C(=O)NCCCNC(=O)[C@H](C)CC(=O)/C=C/CN(C)C. The van der Waals surface area contributed by atoms with Crippen molar-refractivity contribution >= 4 is 41.0 Å². The molecule has 0 saturated heterocycles. The van der Waals surface area contributed by atoms with Gasteiger partial charge >= 0.3 is 0 Å². The van der Waals surface area contributed by atoms with E-state index in [1.54, 1.807) is 37.3 Å². The molecule has 12 nitrogen and oxygen atoms in total. The normalized spacial score (nSPS) is 11.7. The van der Waals surface area contributed by atoms with Crippen LogP contribution >= 0.6 is 0 Å². The van der Waals surface area contributed by atoms with Gasteiger partial charge in [0.05, 0.1) is 0 Å². The summed E-state index contributed by atoms with van der Waals surface area (Å²) >= 11 is 0. The van der Waals surface area contributed by atoms with Gasteiger partial charge in [-0.2, -0.15) is 4.98 Å². The van der Waals surface area contributed by atoms with Gasteiger partial charge in [0.2, 0.25) is 17.8 Å². The summed E-state index contributed by atoms with van der Waals surface area (Å²) in [5.74, 6) is -0.921. The van der Waals surface area contributed by atoms with Gasteiger partial charge in [0, 0.05) is 56.0 Å².